The van der Waals surface area contributed by atoms with Crippen molar-refractivity contribution < 1.29 is 22.8 Å². The van der Waals surface area contributed by atoms with E-state index in [-0.39, 0.29) is 17.0 Å². The zero-order chi connectivity index (χ0) is 16.7. The van der Waals surface area contributed by atoms with E-state index < -0.39 is 14.8 Å². The van der Waals surface area contributed by atoms with Crippen molar-refractivity contribution in [2.45, 2.75) is 44.0 Å². The standard InChI is InChI=1S/C14H27ClO5Si/c1-11(2)13(16)20-9-8-12(15)10-14(3,4)21(17-5,18-6)19-7/h12H,1,8-10H2,2-7H3. The van der Waals surface area contributed by atoms with E-state index in [1.54, 1.807) is 28.3 Å². The summed E-state index contributed by atoms with van der Waals surface area (Å²) in [6.45, 7) is 9.41. The van der Waals surface area contributed by atoms with Crippen LogP contribution in [-0.2, 0) is 22.8 Å². The molecule has 0 fully saturated rings. The fraction of sp³-hybridized carbons (Fsp3) is 0.786. The first-order valence-corrected chi connectivity index (χ1v) is 8.94. The Morgan fingerprint density at radius 3 is 2.10 bits per heavy atom. The molecule has 0 spiro atoms. The predicted octanol–water partition coefficient (Wildman–Crippen LogP) is 3.15. The number of alkyl halides is 1. The van der Waals surface area contributed by atoms with Gasteiger partial charge in [-0.3, -0.25) is 0 Å². The monoisotopic (exact) mass is 338 g/mol. The largest absolute Gasteiger partial charge is 0.506 e. The number of rotatable bonds is 10. The van der Waals surface area contributed by atoms with Crippen molar-refractivity contribution in [3.8, 4) is 0 Å². The number of carbonyl (C=O) groups excluding carboxylic acids is 1. The lowest BCUT2D eigenvalue weighted by atomic mass is 10.1. The molecule has 0 saturated carbocycles. The molecule has 0 bridgehead atoms. The van der Waals surface area contributed by atoms with Crippen LogP contribution in [0.1, 0.15) is 33.6 Å². The van der Waals surface area contributed by atoms with E-state index in [1.165, 1.54) is 0 Å². The third-order valence-corrected chi connectivity index (χ3v) is 7.23. The zero-order valence-corrected chi connectivity index (χ0v) is 15.6. The molecular weight excluding hydrogens is 312 g/mol. The van der Waals surface area contributed by atoms with Crippen LogP contribution >= 0.6 is 11.6 Å². The molecule has 0 rings (SSSR count). The molecule has 0 aromatic heterocycles. The van der Waals surface area contributed by atoms with Crippen LogP contribution in [0.5, 0.6) is 0 Å². The van der Waals surface area contributed by atoms with Crippen LogP contribution in [0.4, 0.5) is 0 Å². The second-order valence-corrected chi connectivity index (χ2v) is 9.87. The lowest BCUT2D eigenvalue weighted by molar-refractivity contribution is -0.139. The van der Waals surface area contributed by atoms with Crippen LogP contribution in [0.25, 0.3) is 0 Å². The SMILES string of the molecule is C=C(C)C(=O)OCCC(Cl)CC(C)(C)[Si](OC)(OC)OC. The van der Waals surface area contributed by atoms with Crippen molar-refractivity contribution in [2.24, 2.45) is 0 Å². The van der Waals surface area contributed by atoms with Gasteiger partial charge in [-0.25, -0.2) is 4.79 Å². The fourth-order valence-corrected chi connectivity index (χ4v) is 5.52. The first-order chi connectivity index (χ1) is 9.65. The second-order valence-electron chi connectivity index (χ2n) is 5.56. The van der Waals surface area contributed by atoms with E-state index in [1.807, 2.05) is 13.8 Å². The molecule has 0 heterocycles. The van der Waals surface area contributed by atoms with Gasteiger partial charge in [0.25, 0.3) is 0 Å². The first kappa shape index (κ1) is 20.6. The van der Waals surface area contributed by atoms with Gasteiger partial charge >= 0.3 is 14.8 Å². The Morgan fingerprint density at radius 2 is 1.71 bits per heavy atom. The average molecular weight is 339 g/mol. The molecule has 0 amide bonds. The van der Waals surface area contributed by atoms with Crippen molar-refractivity contribution in [3.63, 3.8) is 0 Å². The number of carbonyl (C=O) groups is 1. The summed E-state index contributed by atoms with van der Waals surface area (Å²) in [7, 11) is 1.95. The Hall–Kier alpha value is -0.403. The van der Waals surface area contributed by atoms with Gasteiger partial charge in [-0.05, 0) is 19.8 Å². The number of hydrogen-bond donors (Lipinski definition) is 0. The number of hydrogen-bond acceptors (Lipinski definition) is 5. The topological polar surface area (TPSA) is 54.0 Å². The molecule has 0 radical (unpaired) electrons. The Bertz CT molecular complexity index is 347. The minimum absolute atomic E-state index is 0.176. The summed E-state index contributed by atoms with van der Waals surface area (Å²) in [4.78, 5) is 11.3. The van der Waals surface area contributed by atoms with Gasteiger partial charge < -0.3 is 18.0 Å². The van der Waals surface area contributed by atoms with E-state index in [9.17, 15) is 4.79 Å². The van der Waals surface area contributed by atoms with Gasteiger partial charge in [0.05, 0.1) is 6.61 Å². The first-order valence-electron chi connectivity index (χ1n) is 6.78. The van der Waals surface area contributed by atoms with Gasteiger partial charge in [-0.15, -0.1) is 11.6 Å². The van der Waals surface area contributed by atoms with Crippen LogP contribution in [-0.4, -0.2) is 48.1 Å². The molecule has 1 atom stereocenters. The number of halogens is 1. The summed E-state index contributed by atoms with van der Waals surface area (Å²) < 4.78 is 21.6. The lowest BCUT2D eigenvalue weighted by Gasteiger charge is -2.39. The molecule has 1 unspecified atom stereocenters. The summed E-state index contributed by atoms with van der Waals surface area (Å²) >= 11 is 6.35. The normalized spacial score (nSPS) is 13.9. The predicted molar refractivity (Wildman–Crippen MR) is 85.5 cm³/mol. The van der Waals surface area contributed by atoms with Crippen molar-refractivity contribution >= 4 is 26.4 Å². The van der Waals surface area contributed by atoms with Gasteiger partial charge in [-0.1, -0.05) is 20.4 Å². The number of esters is 1. The van der Waals surface area contributed by atoms with Crippen LogP contribution in [0, 0.1) is 0 Å². The molecule has 0 aliphatic carbocycles. The summed E-state index contributed by atoms with van der Waals surface area (Å²) in [6, 6.07) is 0. The Balaban J connectivity index is 4.51. The molecule has 7 heteroatoms. The van der Waals surface area contributed by atoms with Gasteiger partial charge in [0.1, 0.15) is 0 Å². The van der Waals surface area contributed by atoms with E-state index in [0.717, 1.165) is 0 Å². The fourth-order valence-electron chi connectivity index (χ4n) is 2.26. The van der Waals surface area contributed by atoms with Crippen LogP contribution in [0.3, 0.4) is 0 Å². The molecule has 0 N–H and O–H groups in total. The molecule has 21 heavy (non-hydrogen) atoms. The molecule has 124 valence electrons. The third-order valence-electron chi connectivity index (χ3n) is 3.38. The summed E-state index contributed by atoms with van der Waals surface area (Å²) in [5.74, 6) is -0.396. The van der Waals surface area contributed by atoms with Crippen LogP contribution in [0.15, 0.2) is 12.2 Å². The molecule has 0 aromatic rings. The van der Waals surface area contributed by atoms with E-state index in [0.29, 0.717) is 18.4 Å². The maximum absolute atomic E-state index is 11.3. The molecule has 0 saturated heterocycles. The minimum atomic E-state index is -2.79. The number of ether oxygens (including phenoxy) is 1. The van der Waals surface area contributed by atoms with Crippen molar-refractivity contribution in [2.75, 3.05) is 27.9 Å². The van der Waals surface area contributed by atoms with Crippen molar-refractivity contribution in [1.29, 1.82) is 0 Å². The summed E-state index contributed by atoms with van der Waals surface area (Å²) in [6.07, 6.45) is 1.17. The Morgan fingerprint density at radius 1 is 1.24 bits per heavy atom. The zero-order valence-electron chi connectivity index (χ0n) is 13.8. The van der Waals surface area contributed by atoms with Crippen LogP contribution < -0.4 is 0 Å². The Kier molecular flexibility index (Phi) is 8.73. The highest BCUT2D eigenvalue weighted by Crippen LogP contribution is 2.44. The summed E-state index contributed by atoms with van der Waals surface area (Å²) in [5, 5.41) is -0.527. The van der Waals surface area contributed by atoms with Gasteiger partial charge in [0.2, 0.25) is 0 Å². The van der Waals surface area contributed by atoms with Gasteiger partial charge in [0.15, 0.2) is 0 Å². The lowest BCUT2D eigenvalue weighted by Crippen LogP contribution is -2.53. The van der Waals surface area contributed by atoms with Crippen LogP contribution in [0.2, 0.25) is 5.04 Å². The third kappa shape index (κ3) is 5.71. The maximum Gasteiger partial charge on any atom is 0.506 e. The Labute approximate surface area is 133 Å². The van der Waals surface area contributed by atoms with Crippen molar-refractivity contribution in [3.05, 3.63) is 12.2 Å². The average Bonchev–Trinajstić information content (AvgIpc) is 2.40. The maximum atomic E-state index is 11.3. The van der Waals surface area contributed by atoms with Crippen molar-refractivity contribution in [1.82, 2.24) is 0 Å². The van der Waals surface area contributed by atoms with Gasteiger partial charge in [0, 0.05) is 37.3 Å². The van der Waals surface area contributed by atoms with E-state index in [4.69, 9.17) is 29.6 Å². The smallest absolute Gasteiger partial charge is 0.462 e. The highest BCUT2D eigenvalue weighted by molar-refractivity contribution is 6.64. The second kappa shape index (κ2) is 8.90. The highest BCUT2D eigenvalue weighted by atomic mass is 35.5. The molecule has 0 aliphatic heterocycles. The summed E-state index contributed by atoms with van der Waals surface area (Å²) in [5.41, 5.74) is 0.381. The molecule has 5 nitrogen and oxygen atoms in total. The quantitative estimate of drug-likeness (QED) is 0.265. The molecule has 0 aromatic carbocycles. The van der Waals surface area contributed by atoms with Gasteiger partial charge in [-0.2, -0.15) is 0 Å². The highest BCUT2D eigenvalue weighted by Gasteiger charge is 2.54. The van der Waals surface area contributed by atoms with E-state index >= 15 is 0 Å². The minimum Gasteiger partial charge on any atom is -0.462 e. The molecule has 0 aliphatic rings. The van der Waals surface area contributed by atoms with E-state index in [2.05, 4.69) is 6.58 Å². The molecular formula is C14H27ClO5Si.